The SMILES string of the molecule is CC.CC.CCCc1ccsc1CC(=O)O.COc1ccccc1CCC(=O)O. The molecule has 0 bridgehead atoms. The van der Waals surface area contributed by atoms with Gasteiger partial charge in [0.05, 0.1) is 13.5 Å². The monoisotopic (exact) mass is 424 g/mol. The summed E-state index contributed by atoms with van der Waals surface area (Å²) in [7, 11) is 1.58. The summed E-state index contributed by atoms with van der Waals surface area (Å²) in [6, 6.07) is 9.47. The Morgan fingerprint density at radius 3 is 2.07 bits per heavy atom. The molecular weight excluding hydrogens is 388 g/mol. The minimum absolute atomic E-state index is 0.139. The van der Waals surface area contributed by atoms with Gasteiger partial charge in [-0.3, -0.25) is 9.59 Å². The molecule has 2 rings (SSSR count). The van der Waals surface area contributed by atoms with E-state index in [1.165, 1.54) is 16.9 Å². The molecule has 6 heteroatoms. The van der Waals surface area contributed by atoms with Crippen LogP contribution in [0.3, 0.4) is 0 Å². The number of rotatable bonds is 8. The summed E-state index contributed by atoms with van der Waals surface area (Å²) in [6.07, 6.45) is 2.89. The van der Waals surface area contributed by atoms with Crippen LogP contribution >= 0.6 is 11.3 Å². The Balaban J connectivity index is 0. The van der Waals surface area contributed by atoms with Gasteiger partial charge in [-0.1, -0.05) is 59.2 Å². The van der Waals surface area contributed by atoms with Crippen molar-refractivity contribution >= 4 is 23.3 Å². The van der Waals surface area contributed by atoms with Gasteiger partial charge in [0.15, 0.2) is 0 Å². The number of benzene rings is 1. The minimum Gasteiger partial charge on any atom is -0.496 e. The Morgan fingerprint density at radius 1 is 0.931 bits per heavy atom. The Labute approximate surface area is 179 Å². The lowest BCUT2D eigenvalue weighted by Crippen LogP contribution is -2.00. The predicted octanol–water partition coefficient (Wildman–Crippen LogP) is 6.09. The van der Waals surface area contributed by atoms with Crippen molar-refractivity contribution in [1.29, 1.82) is 0 Å². The van der Waals surface area contributed by atoms with Crippen molar-refractivity contribution in [2.45, 2.75) is 66.7 Å². The van der Waals surface area contributed by atoms with Crippen LogP contribution < -0.4 is 4.74 Å². The zero-order valence-corrected chi connectivity index (χ0v) is 19.3. The van der Waals surface area contributed by atoms with E-state index in [9.17, 15) is 9.59 Å². The fourth-order valence-electron chi connectivity index (χ4n) is 2.30. The number of hydrogen-bond donors (Lipinski definition) is 2. The van der Waals surface area contributed by atoms with Crippen LogP contribution in [0.15, 0.2) is 35.7 Å². The topological polar surface area (TPSA) is 83.8 Å². The minimum atomic E-state index is -0.786. The zero-order valence-electron chi connectivity index (χ0n) is 18.5. The van der Waals surface area contributed by atoms with Crippen molar-refractivity contribution < 1.29 is 24.5 Å². The molecule has 0 saturated heterocycles. The first kappa shape index (κ1) is 28.9. The number of carboxylic acids is 2. The van der Waals surface area contributed by atoms with E-state index in [0.717, 1.165) is 29.0 Å². The number of aryl methyl sites for hydroxylation is 2. The molecule has 1 aromatic heterocycles. The normalized spacial score (nSPS) is 8.90. The number of para-hydroxylation sites is 1. The van der Waals surface area contributed by atoms with Gasteiger partial charge in [0.25, 0.3) is 0 Å². The van der Waals surface area contributed by atoms with Gasteiger partial charge >= 0.3 is 11.9 Å². The molecule has 2 N–H and O–H groups in total. The molecule has 1 heterocycles. The highest BCUT2D eigenvalue weighted by atomic mass is 32.1. The molecule has 29 heavy (non-hydrogen) atoms. The van der Waals surface area contributed by atoms with Crippen LogP contribution in [-0.2, 0) is 28.9 Å². The molecular formula is C23H36O5S. The highest BCUT2D eigenvalue weighted by Gasteiger charge is 2.07. The summed E-state index contributed by atoms with van der Waals surface area (Å²) < 4.78 is 5.08. The van der Waals surface area contributed by atoms with Crippen molar-refractivity contribution in [1.82, 2.24) is 0 Å². The lowest BCUT2D eigenvalue weighted by molar-refractivity contribution is -0.137. The second-order valence-electron chi connectivity index (χ2n) is 5.40. The molecule has 0 radical (unpaired) electrons. The second kappa shape index (κ2) is 19.0. The van der Waals surface area contributed by atoms with Gasteiger partial charge in [0.2, 0.25) is 0 Å². The van der Waals surface area contributed by atoms with Crippen LogP contribution in [0.4, 0.5) is 0 Å². The van der Waals surface area contributed by atoms with Crippen LogP contribution in [0, 0.1) is 0 Å². The molecule has 0 fully saturated rings. The molecule has 1 aromatic carbocycles. The van der Waals surface area contributed by atoms with Crippen molar-refractivity contribution in [3.63, 3.8) is 0 Å². The summed E-state index contributed by atoms with van der Waals surface area (Å²) in [5, 5.41) is 19.0. The summed E-state index contributed by atoms with van der Waals surface area (Å²) in [4.78, 5) is 21.8. The van der Waals surface area contributed by atoms with Gasteiger partial charge in [-0.05, 0) is 41.5 Å². The average molecular weight is 425 g/mol. The van der Waals surface area contributed by atoms with E-state index in [4.69, 9.17) is 14.9 Å². The molecule has 0 atom stereocenters. The Hall–Kier alpha value is -2.34. The highest BCUT2D eigenvalue weighted by molar-refractivity contribution is 7.10. The predicted molar refractivity (Wildman–Crippen MR) is 121 cm³/mol. The highest BCUT2D eigenvalue weighted by Crippen LogP contribution is 2.19. The van der Waals surface area contributed by atoms with E-state index >= 15 is 0 Å². The summed E-state index contributed by atoms with van der Waals surface area (Å²) in [5.41, 5.74) is 2.14. The number of hydrogen-bond acceptors (Lipinski definition) is 4. The van der Waals surface area contributed by atoms with E-state index in [1.807, 2.05) is 63.4 Å². The molecule has 5 nitrogen and oxygen atoms in total. The lowest BCUT2D eigenvalue weighted by atomic mass is 10.1. The van der Waals surface area contributed by atoms with E-state index in [1.54, 1.807) is 7.11 Å². The van der Waals surface area contributed by atoms with Crippen molar-refractivity contribution in [2.24, 2.45) is 0 Å². The molecule has 0 aliphatic rings. The van der Waals surface area contributed by atoms with Crippen LogP contribution in [-0.4, -0.2) is 29.3 Å². The molecule has 0 aliphatic carbocycles. The van der Waals surface area contributed by atoms with Gasteiger partial charge in [-0.2, -0.15) is 0 Å². The number of carbonyl (C=O) groups is 2. The van der Waals surface area contributed by atoms with Gasteiger partial charge in [0.1, 0.15) is 5.75 Å². The lowest BCUT2D eigenvalue weighted by Gasteiger charge is -2.05. The fraction of sp³-hybridized carbons (Fsp3) is 0.478. The first-order valence-corrected chi connectivity index (χ1v) is 11.0. The van der Waals surface area contributed by atoms with Crippen molar-refractivity contribution in [3.05, 3.63) is 51.7 Å². The van der Waals surface area contributed by atoms with Crippen molar-refractivity contribution in [2.75, 3.05) is 7.11 Å². The molecule has 0 saturated carbocycles. The maximum Gasteiger partial charge on any atom is 0.308 e. The number of aliphatic carboxylic acids is 2. The largest absolute Gasteiger partial charge is 0.496 e. The third kappa shape index (κ3) is 13.5. The zero-order chi connectivity index (χ0) is 22.7. The molecule has 0 aliphatic heterocycles. The number of carboxylic acid groups (broad SMARTS) is 2. The van der Waals surface area contributed by atoms with Crippen LogP contribution in [0.5, 0.6) is 5.75 Å². The van der Waals surface area contributed by atoms with Gasteiger partial charge in [0, 0.05) is 11.3 Å². The number of methoxy groups -OCH3 is 1. The molecule has 0 unspecified atom stereocenters. The third-order valence-electron chi connectivity index (χ3n) is 3.47. The molecule has 0 amide bonds. The van der Waals surface area contributed by atoms with Crippen LogP contribution in [0.25, 0.3) is 0 Å². The smallest absolute Gasteiger partial charge is 0.308 e. The van der Waals surface area contributed by atoms with Crippen LogP contribution in [0.2, 0.25) is 0 Å². The maximum atomic E-state index is 10.4. The fourth-order valence-corrected chi connectivity index (χ4v) is 3.23. The Kier molecular flexibility index (Phi) is 18.9. The van der Waals surface area contributed by atoms with Crippen molar-refractivity contribution in [3.8, 4) is 5.75 Å². The number of thiophene rings is 1. The van der Waals surface area contributed by atoms with E-state index < -0.39 is 11.9 Å². The second-order valence-corrected chi connectivity index (χ2v) is 6.40. The van der Waals surface area contributed by atoms with E-state index in [-0.39, 0.29) is 12.8 Å². The standard InChI is InChI=1S/C10H12O3.C9H12O2S.2C2H6/c1-13-9-5-3-2-4-8(9)6-7-10(11)12;1-2-3-7-4-5-12-8(7)6-9(10)11;2*1-2/h2-5H,6-7H2,1H3,(H,11,12);4-5H,2-3,6H2,1H3,(H,10,11);2*1-2H3. The van der Waals surface area contributed by atoms with E-state index in [0.29, 0.717) is 6.42 Å². The quantitative estimate of drug-likeness (QED) is 0.535. The van der Waals surface area contributed by atoms with Gasteiger partial charge in [-0.25, -0.2) is 0 Å². The Bertz CT molecular complexity index is 679. The summed E-state index contributed by atoms with van der Waals surface area (Å²) >= 11 is 1.54. The Morgan fingerprint density at radius 2 is 1.55 bits per heavy atom. The molecule has 0 spiro atoms. The molecule has 164 valence electrons. The van der Waals surface area contributed by atoms with Gasteiger partial charge in [-0.15, -0.1) is 11.3 Å². The molecule has 2 aromatic rings. The average Bonchev–Trinajstić information content (AvgIpc) is 3.16. The third-order valence-corrected chi connectivity index (χ3v) is 4.43. The first-order chi connectivity index (χ1) is 14.0. The van der Waals surface area contributed by atoms with Gasteiger partial charge < -0.3 is 14.9 Å². The number of ether oxygens (including phenoxy) is 1. The van der Waals surface area contributed by atoms with Crippen LogP contribution in [0.1, 0.15) is 63.5 Å². The summed E-state index contributed by atoms with van der Waals surface area (Å²) in [6.45, 7) is 10.1. The summed E-state index contributed by atoms with van der Waals surface area (Å²) in [5.74, 6) is -0.774. The maximum absolute atomic E-state index is 10.4. The van der Waals surface area contributed by atoms with E-state index in [2.05, 4.69) is 6.92 Å². The first-order valence-electron chi connectivity index (χ1n) is 10.1.